The Morgan fingerprint density at radius 1 is 1.22 bits per heavy atom. The summed E-state index contributed by atoms with van der Waals surface area (Å²) in [5.41, 5.74) is 1.01. The van der Waals surface area contributed by atoms with Crippen molar-refractivity contribution in [3.8, 4) is 0 Å². The zero-order chi connectivity index (χ0) is 15.8. The Hall–Kier alpha value is -0.890. The van der Waals surface area contributed by atoms with Gasteiger partial charge in [-0.15, -0.1) is 24.0 Å². The molecule has 1 aliphatic carbocycles. The maximum atomic E-state index is 12.9. The van der Waals surface area contributed by atoms with Crippen molar-refractivity contribution in [2.75, 3.05) is 26.2 Å². The summed E-state index contributed by atoms with van der Waals surface area (Å²) >= 11 is 0. The van der Waals surface area contributed by atoms with Crippen molar-refractivity contribution >= 4 is 29.9 Å². The van der Waals surface area contributed by atoms with E-state index < -0.39 is 0 Å². The van der Waals surface area contributed by atoms with E-state index in [4.69, 9.17) is 0 Å². The summed E-state index contributed by atoms with van der Waals surface area (Å²) in [4.78, 5) is 7.06. The molecule has 0 bridgehead atoms. The molecule has 2 N–H and O–H groups in total. The zero-order valence-electron chi connectivity index (χ0n) is 14.0. The molecule has 0 radical (unpaired) electrons. The summed E-state index contributed by atoms with van der Waals surface area (Å²) < 4.78 is 12.9. The van der Waals surface area contributed by atoms with E-state index in [0.29, 0.717) is 6.54 Å². The lowest BCUT2D eigenvalue weighted by Gasteiger charge is -2.20. The fourth-order valence-corrected chi connectivity index (χ4v) is 2.46. The molecular weight excluding hydrogens is 406 g/mol. The molecule has 0 unspecified atom stereocenters. The lowest BCUT2D eigenvalue weighted by molar-refractivity contribution is 0.282. The van der Waals surface area contributed by atoms with Crippen LogP contribution in [0.4, 0.5) is 4.39 Å². The number of guanidine groups is 1. The molecule has 6 heteroatoms. The van der Waals surface area contributed by atoms with Gasteiger partial charge < -0.3 is 10.6 Å². The minimum atomic E-state index is -0.211. The second-order valence-electron chi connectivity index (χ2n) is 5.61. The molecule has 130 valence electrons. The minimum absolute atomic E-state index is 0. The van der Waals surface area contributed by atoms with Gasteiger partial charge in [0.05, 0.1) is 6.54 Å². The summed E-state index contributed by atoms with van der Waals surface area (Å²) in [6.07, 6.45) is 2.68. The number of hydrogen-bond donors (Lipinski definition) is 2. The minimum Gasteiger partial charge on any atom is -0.357 e. The molecule has 2 rings (SSSR count). The molecule has 0 heterocycles. The first kappa shape index (κ1) is 20.2. The Labute approximate surface area is 156 Å². The predicted octanol–water partition coefficient (Wildman–Crippen LogP) is 2.98. The van der Waals surface area contributed by atoms with Crippen molar-refractivity contribution in [3.63, 3.8) is 0 Å². The summed E-state index contributed by atoms with van der Waals surface area (Å²) in [5, 5.41) is 6.62. The van der Waals surface area contributed by atoms with E-state index >= 15 is 0 Å². The molecule has 0 spiro atoms. The number of hydrogen-bond acceptors (Lipinski definition) is 2. The van der Waals surface area contributed by atoms with Gasteiger partial charge in [0.15, 0.2) is 5.96 Å². The number of nitrogens with zero attached hydrogens (tertiary/aromatic N) is 2. The van der Waals surface area contributed by atoms with Gasteiger partial charge in [-0.25, -0.2) is 9.38 Å². The molecule has 0 atom stereocenters. The lowest BCUT2D eigenvalue weighted by atomic mass is 10.2. The van der Waals surface area contributed by atoms with E-state index in [1.165, 1.54) is 25.0 Å². The van der Waals surface area contributed by atoms with Crippen LogP contribution in [0.3, 0.4) is 0 Å². The van der Waals surface area contributed by atoms with Gasteiger partial charge in [-0.05, 0) is 44.0 Å². The van der Waals surface area contributed by atoms with E-state index in [1.54, 1.807) is 12.1 Å². The molecule has 4 nitrogen and oxygen atoms in total. The smallest absolute Gasteiger partial charge is 0.191 e. The lowest BCUT2D eigenvalue weighted by Crippen LogP contribution is -2.42. The van der Waals surface area contributed by atoms with Crippen LogP contribution in [0.5, 0.6) is 0 Å². The van der Waals surface area contributed by atoms with Crippen LogP contribution in [0.1, 0.15) is 32.3 Å². The third-order valence-corrected chi connectivity index (χ3v) is 3.84. The first-order chi connectivity index (χ1) is 10.7. The first-order valence-corrected chi connectivity index (χ1v) is 8.23. The molecule has 23 heavy (non-hydrogen) atoms. The molecule has 1 aromatic rings. The van der Waals surface area contributed by atoms with Crippen molar-refractivity contribution in [3.05, 3.63) is 35.6 Å². The van der Waals surface area contributed by atoms with E-state index in [1.807, 2.05) is 0 Å². The summed E-state index contributed by atoms with van der Waals surface area (Å²) in [6, 6.07) is 7.29. The Morgan fingerprint density at radius 3 is 2.48 bits per heavy atom. The number of aliphatic imine (C=N–C) groups is 1. The Balaban J connectivity index is 0.00000264. The Bertz CT molecular complexity index is 474. The van der Waals surface area contributed by atoms with Crippen molar-refractivity contribution in [2.24, 2.45) is 4.99 Å². The molecule has 0 aromatic heterocycles. The van der Waals surface area contributed by atoms with Gasteiger partial charge in [-0.1, -0.05) is 19.1 Å². The number of rotatable bonds is 8. The predicted molar refractivity (Wildman–Crippen MR) is 105 cm³/mol. The topological polar surface area (TPSA) is 39.7 Å². The summed E-state index contributed by atoms with van der Waals surface area (Å²) in [7, 11) is 0. The highest BCUT2D eigenvalue weighted by molar-refractivity contribution is 14.0. The third-order valence-electron chi connectivity index (χ3n) is 3.84. The largest absolute Gasteiger partial charge is 0.357 e. The van der Waals surface area contributed by atoms with E-state index in [-0.39, 0.29) is 29.8 Å². The van der Waals surface area contributed by atoms with Gasteiger partial charge in [0.25, 0.3) is 0 Å². The maximum Gasteiger partial charge on any atom is 0.191 e. The van der Waals surface area contributed by atoms with Crippen LogP contribution >= 0.6 is 24.0 Å². The van der Waals surface area contributed by atoms with Gasteiger partial charge in [0.1, 0.15) is 5.82 Å². The quantitative estimate of drug-likeness (QED) is 0.376. The maximum absolute atomic E-state index is 12.9. The zero-order valence-corrected chi connectivity index (χ0v) is 16.3. The van der Waals surface area contributed by atoms with Crippen LogP contribution in [-0.2, 0) is 6.54 Å². The normalized spacial score (nSPS) is 14.5. The van der Waals surface area contributed by atoms with Crippen LogP contribution in [0.2, 0.25) is 0 Å². The number of nitrogens with one attached hydrogen (secondary N) is 2. The molecule has 0 amide bonds. The van der Waals surface area contributed by atoms with E-state index in [2.05, 4.69) is 34.4 Å². The van der Waals surface area contributed by atoms with Crippen LogP contribution < -0.4 is 10.6 Å². The van der Waals surface area contributed by atoms with Gasteiger partial charge in [-0.3, -0.25) is 4.90 Å². The van der Waals surface area contributed by atoms with Gasteiger partial charge in [0.2, 0.25) is 0 Å². The third kappa shape index (κ3) is 7.48. The highest BCUT2D eigenvalue weighted by Crippen LogP contribution is 2.25. The number of likely N-dealkylation sites (N-methyl/N-ethyl adjacent to an activating group) is 1. The van der Waals surface area contributed by atoms with Crippen molar-refractivity contribution in [1.82, 2.24) is 15.5 Å². The average Bonchev–Trinajstić information content (AvgIpc) is 3.35. The molecule has 0 saturated heterocycles. The van der Waals surface area contributed by atoms with Crippen molar-refractivity contribution < 1.29 is 4.39 Å². The summed E-state index contributed by atoms with van der Waals surface area (Å²) in [5.74, 6) is 0.608. The van der Waals surface area contributed by atoms with E-state index in [0.717, 1.165) is 43.7 Å². The first-order valence-electron chi connectivity index (χ1n) is 8.23. The van der Waals surface area contributed by atoms with Crippen LogP contribution in [0, 0.1) is 5.82 Å². The monoisotopic (exact) mass is 434 g/mol. The van der Waals surface area contributed by atoms with Crippen LogP contribution in [0.25, 0.3) is 0 Å². The fraction of sp³-hybridized carbons (Fsp3) is 0.588. The molecule has 1 aromatic carbocycles. The van der Waals surface area contributed by atoms with Gasteiger partial charge in [-0.2, -0.15) is 0 Å². The highest BCUT2D eigenvalue weighted by atomic mass is 127. The SMILES string of the molecule is CCNC(=NCc1ccc(F)cc1)NCCN(CC)C1CC1.I. The molecule has 1 fully saturated rings. The van der Waals surface area contributed by atoms with Gasteiger partial charge >= 0.3 is 0 Å². The molecular formula is C17H28FIN4. The van der Waals surface area contributed by atoms with E-state index in [9.17, 15) is 4.39 Å². The van der Waals surface area contributed by atoms with Crippen molar-refractivity contribution in [2.45, 2.75) is 39.3 Å². The summed E-state index contributed by atoms with van der Waals surface area (Å²) in [6.45, 7) is 8.69. The molecule has 0 aliphatic heterocycles. The van der Waals surface area contributed by atoms with Crippen LogP contribution in [-0.4, -0.2) is 43.1 Å². The number of benzene rings is 1. The van der Waals surface area contributed by atoms with Crippen molar-refractivity contribution in [1.29, 1.82) is 0 Å². The van der Waals surface area contributed by atoms with Crippen LogP contribution in [0.15, 0.2) is 29.3 Å². The second-order valence-corrected chi connectivity index (χ2v) is 5.61. The Morgan fingerprint density at radius 2 is 1.91 bits per heavy atom. The number of halogens is 2. The molecule has 1 saturated carbocycles. The standard InChI is InChI=1S/C17H27FN4.HI/c1-3-19-17(20-11-12-22(4-2)16-9-10-16)21-13-14-5-7-15(18)8-6-14;/h5-8,16H,3-4,9-13H2,1-2H3,(H2,19,20,21);1H. The second kappa shape index (κ2) is 10.8. The Kier molecular flexibility index (Phi) is 9.47. The van der Waals surface area contributed by atoms with Gasteiger partial charge in [0, 0.05) is 25.7 Å². The molecule has 1 aliphatic rings. The highest BCUT2D eigenvalue weighted by Gasteiger charge is 2.27. The average molecular weight is 434 g/mol. The fourth-order valence-electron chi connectivity index (χ4n) is 2.46.